The number of fused-ring (bicyclic) bond motifs is 1. The molecule has 42 heavy (non-hydrogen) atoms. The first-order valence-electron chi connectivity index (χ1n) is 13.7. The van der Waals surface area contributed by atoms with E-state index < -0.39 is 6.16 Å². The number of nitrogens with zero attached hydrogens (tertiary/aromatic N) is 6. The number of carbonyl (C=O) groups is 1. The first kappa shape index (κ1) is 26.1. The van der Waals surface area contributed by atoms with Crippen molar-refractivity contribution < 1.29 is 14.6 Å². The molecule has 210 valence electrons. The number of piperidine rings is 1. The Hall–Kier alpha value is -4.87. The van der Waals surface area contributed by atoms with Gasteiger partial charge in [-0.3, -0.25) is 19.4 Å². The fourth-order valence-corrected chi connectivity index (χ4v) is 6.32. The quantitative estimate of drug-likeness (QED) is 0.211. The number of carboxylic acid groups (broad SMARTS) is 1. The van der Waals surface area contributed by atoms with Crippen LogP contribution in [-0.4, -0.2) is 58.8 Å². The van der Waals surface area contributed by atoms with E-state index in [0.29, 0.717) is 16.7 Å². The SMILES string of the molecule is O=C(O)Oc1cn2c(-c3ccccc3)c(-c3ccc(CN4CCC(c5nc(-c6ccccn6)n[nH]5)CC4)cc3)nc2s1. The van der Waals surface area contributed by atoms with Gasteiger partial charge in [0, 0.05) is 29.8 Å². The third-order valence-electron chi connectivity index (χ3n) is 7.54. The summed E-state index contributed by atoms with van der Waals surface area (Å²) >= 11 is 1.20. The van der Waals surface area contributed by atoms with Crippen molar-refractivity contribution in [1.29, 1.82) is 0 Å². The fourth-order valence-electron chi connectivity index (χ4n) is 5.49. The molecular weight excluding hydrogens is 550 g/mol. The summed E-state index contributed by atoms with van der Waals surface area (Å²) in [6, 6.07) is 24.3. The number of hydrogen-bond donors (Lipinski definition) is 2. The van der Waals surface area contributed by atoms with E-state index in [4.69, 9.17) is 19.8 Å². The second-order valence-corrected chi connectivity index (χ2v) is 11.2. The van der Waals surface area contributed by atoms with E-state index >= 15 is 0 Å². The van der Waals surface area contributed by atoms with Crippen molar-refractivity contribution in [3.8, 4) is 39.1 Å². The van der Waals surface area contributed by atoms with Crippen molar-refractivity contribution in [2.75, 3.05) is 13.1 Å². The third-order valence-corrected chi connectivity index (χ3v) is 8.41. The predicted octanol–water partition coefficient (Wildman–Crippen LogP) is 6.35. The zero-order chi connectivity index (χ0) is 28.5. The molecule has 2 N–H and O–H groups in total. The molecule has 11 heteroatoms. The molecule has 0 atom stereocenters. The molecule has 0 saturated carbocycles. The number of ether oxygens (including phenoxy) is 1. The molecular formula is C31H27N7O3S. The monoisotopic (exact) mass is 577 g/mol. The third kappa shape index (κ3) is 5.27. The summed E-state index contributed by atoms with van der Waals surface area (Å²) in [4.78, 5) is 28.2. The average molecular weight is 578 g/mol. The van der Waals surface area contributed by atoms with E-state index in [1.807, 2.05) is 52.9 Å². The Labute approximate surface area is 245 Å². The standard InChI is InChI=1S/C31H27N7O3S/c39-31(40)41-25-19-38-27(22-6-2-1-3-7-22)26(33-30(38)42-25)21-11-9-20(10-12-21)18-37-16-13-23(14-17-37)28-34-29(36-35-28)24-8-4-5-15-32-24/h1-12,15,19,23H,13-14,16-18H2,(H,39,40)(H,34,35,36). The van der Waals surface area contributed by atoms with Gasteiger partial charge in [-0.2, -0.15) is 5.10 Å². The summed E-state index contributed by atoms with van der Waals surface area (Å²) in [5, 5.41) is 16.8. The number of rotatable bonds is 7. The molecule has 0 spiro atoms. The summed E-state index contributed by atoms with van der Waals surface area (Å²) in [5.74, 6) is 1.95. The van der Waals surface area contributed by atoms with Gasteiger partial charge in [-0.15, -0.1) is 0 Å². The number of benzene rings is 2. The zero-order valence-corrected chi connectivity index (χ0v) is 23.4. The predicted molar refractivity (Wildman–Crippen MR) is 159 cm³/mol. The minimum absolute atomic E-state index is 0.282. The lowest BCUT2D eigenvalue weighted by Crippen LogP contribution is -2.32. The van der Waals surface area contributed by atoms with E-state index in [1.54, 1.807) is 12.4 Å². The summed E-state index contributed by atoms with van der Waals surface area (Å²) in [6.45, 7) is 2.85. The number of likely N-dealkylation sites (tertiary alicyclic amines) is 1. The second kappa shape index (κ2) is 11.2. The first-order chi connectivity index (χ1) is 20.6. The molecule has 0 bridgehead atoms. The largest absolute Gasteiger partial charge is 0.512 e. The van der Waals surface area contributed by atoms with Crippen molar-refractivity contribution >= 4 is 22.5 Å². The molecule has 2 aromatic carbocycles. The maximum absolute atomic E-state index is 11.1. The molecule has 4 aromatic heterocycles. The highest BCUT2D eigenvalue weighted by molar-refractivity contribution is 7.18. The van der Waals surface area contributed by atoms with Gasteiger partial charge in [-0.25, -0.2) is 14.8 Å². The lowest BCUT2D eigenvalue weighted by Gasteiger charge is -2.30. The molecule has 0 amide bonds. The van der Waals surface area contributed by atoms with Crippen LogP contribution in [-0.2, 0) is 6.54 Å². The van der Waals surface area contributed by atoms with Crippen LogP contribution in [0.1, 0.15) is 30.1 Å². The van der Waals surface area contributed by atoms with Gasteiger partial charge in [0.2, 0.25) is 5.06 Å². The molecule has 7 rings (SSSR count). The molecule has 0 radical (unpaired) electrons. The van der Waals surface area contributed by atoms with Crippen LogP contribution in [0.3, 0.4) is 0 Å². The molecule has 1 aliphatic heterocycles. The van der Waals surface area contributed by atoms with Gasteiger partial charge in [0.25, 0.3) is 0 Å². The van der Waals surface area contributed by atoms with Crippen LogP contribution in [0.4, 0.5) is 4.79 Å². The smallest absolute Gasteiger partial charge is 0.449 e. The molecule has 5 heterocycles. The molecule has 10 nitrogen and oxygen atoms in total. The number of H-pyrrole nitrogens is 1. The van der Waals surface area contributed by atoms with Gasteiger partial charge in [0.15, 0.2) is 10.8 Å². The highest BCUT2D eigenvalue weighted by Crippen LogP contribution is 2.37. The minimum atomic E-state index is -1.34. The van der Waals surface area contributed by atoms with Crippen LogP contribution in [0, 0.1) is 0 Å². The number of thiazole rings is 1. The van der Waals surface area contributed by atoms with Crippen molar-refractivity contribution in [2.24, 2.45) is 0 Å². The highest BCUT2D eigenvalue weighted by Gasteiger charge is 2.24. The van der Waals surface area contributed by atoms with Gasteiger partial charge in [-0.05, 0) is 43.6 Å². The average Bonchev–Trinajstić information content (AvgIpc) is 3.74. The lowest BCUT2D eigenvalue weighted by molar-refractivity contribution is 0.146. The Morgan fingerprint density at radius 3 is 2.50 bits per heavy atom. The van der Waals surface area contributed by atoms with Crippen LogP contribution in [0.2, 0.25) is 0 Å². The van der Waals surface area contributed by atoms with Crippen molar-refractivity contribution in [2.45, 2.75) is 25.3 Å². The number of aromatic amines is 1. The molecule has 1 fully saturated rings. The van der Waals surface area contributed by atoms with E-state index in [1.165, 1.54) is 16.9 Å². The number of hydrogen-bond acceptors (Lipinski definition) is 8. The van der Waals surface area contributed by atoms with Gasteiger partial charge in [0.05, 0.1) is 17.6 Å². The molecule has 0 aliphatic carbocycles. The van der Waals surface area contributed by atoms with Crippen LogP contribution in [0.25, 0.3) is 39.0 Å². The summed E-state index contributed by atoms with van der Waals surface area (Å²) < 4.78 is 6.79. The maximum atomic E-state index is 11.1. The van der Waals surface area contributed by atoms with E-state index in [-0.39, 0.29) is 5.06 Å². The number of imidazole rings is 1. The number of aromatic nitrogens is 6. The maximum Gasteiger partial charge on any atom is 0.512 e. The molecule has 0 unspecified atom stereocenters. The van der Waals surface area contributed by atoms with Gasteiger partial charge in [-0.1, -0.05) is 72.0 Å². The van der Waals surface area contributed by atoms with Gasteiger partial charge < -0.3 is 9.84 Å². The highest BCUT2D eigenvalue weighted by atomic mass is 32.1. The Morgan fingerprint density at radius 1 is 0.976 bits per heavy atom. The van der Waals surface area contributed by atoms with E-state index in [0.717, 1.165) is 66.5 Å². The Morgan fingerprint density at radius 2 is 1.76 bits per heavy atom. The summed E-state index contributed by atoms with van der Waals surface area (Å²) in [5.41, 5.74) is 5.76. The number of pyridine rings is 1. The van der Waals surface area contributed by atoms with E-state index in [2.05, 4.69) is 44.3 Å². The van der Waals surface area contributed by atoms with E-state index in [9.17, 15) is 4.79 Å². The summed E-state index contributed by atoms with van der Waals surface area (Å²) in [7, 11) is 0. The Kier molecular flexibility index (Phi) is 6.94. The zero-order valence-electron chi connectivity index (χ0n) is 22.6. The van der Waals surface area contributed by atoms with Crippen LogP contribution in [0.5, 0.6) is 5.06 Å². The van der Waals surface area contributed by atoms with Crippen LogP contribution < -0.4 is 4.74 Å². The lowest BCUT2D eigenvalue weighted by atomic mass is 9.95. The fraction of sp³-hybridized carbons (Fsp3) is 0.194. The van der Waals surface area contributed by atoms with Crippen molar-refractivity contribution in [3.63, 3.8) is 0 Å². The molecule has 1 saturated heterocycles. The number of nitrogens with one attached hydrogen (secondary N) is 1. The van der Waals surface area contributed by atoms with Crippen LogP contribution >= 0.6 is 11.3 Å². The van der Waals surface area contributed by atoms with Crippen molar-refractivity contribution in [3.05, 3.63) is 96.6 Å². The minimum Gasteiger partial charge on any atom is -0.449 e. The normalized spacial score (nSPS) is 14.4. The van der Waals surface area contributed by atoms with Crippen LogP contribution in [0.15, 0.2) is 85.2 Å². The summed E-state index contributed by atoms with van der Waals surface area (Å²) in [6.07, 6.45) is 4.14. The molecule has 1 aliphatic rings. The topological polar surface area (TPSA) is 122 Å². The Balaban J connectivity index is 1.05. The van der Waals surface area contributed by atoms with Gasteiger partial charge in [0.1, 0.15) is 11.5 Å². The molecule has 6 aromatic rings. The Bertz CT molecular complexity index is 1820. The first-order valence-corrected chi connectivity index (χ1v) is 14.6. The second-order valence-electron chi connectivity index (χ2n) is 10.3. The van der Waals surface area contributed by atoms with Gasteiger partial charge >= 0.3 is 6.16 Å². The van der Waals surface area contributed by atoms with Crippen molar-refractivity contribution in [1.82, 2.24) is 34.4 Å².